The molecular weight excluding hydrogens is 404 g/mol. The fourth-order valence-corrected chi connectivity index (χ4v) is 3.88. The van der Waals surface area contributed by atoms with Gasteiger partial charge in [-0.15, -0.1) is 0 Å². The van der Waals surface area contributed by atoms with Gasteiger partial charge in [-0.3, -0.25) is 9.10 Å². The van der Waals surface area contributed by atoms with Crippen molar-refractivity contribution in [2.24, 2.45) is 0 Å². The number of amides is 1. The Morgan fingerprint density at radius 1 is 1.13 bits per heavy atom. The topological polar surface area (TPSA) is 92.8 Å². The molecule has 1 N–H and O–H groups in total. The molecule has 0 spiro atoms. The Morgan fingerprint density at radius 2 is 1.80 bits per heavy atom. The molecule has 2 aromatic carbocycles. The van der Waals surface area contributed by atoms with Crippen LogP contribution in [0.15, 0.2) is 42.5 Å². The van der Waals surface area contributed by atoms with Gasteiger partial charge in [0.25, 0.3) is 0 Å². The summed E-state index contributed by atoms with van der Waals surface area (Å²) in [6.07, 6.45) is 1.07. The van der Waals surface area contributed by atoms with Crippen molar-refractivity contribution in [2.75, 3.05) is 29.0 Å². The first-order valence-corrected chi connectivity index (χ1v) is 11.5. The number of aryl methyl sites for hydroxylation is 1. The number of hydrogen-bond acceptors (Lipinski definition) is 5. The number of anilines is 2. The Balaban J connectivity index is 2.31. The molecule has 0 bridgehead atoms. The number of rotatable bonds is 8. The van der Waals surface area contributed by atoms with E-state index in [2.05, 4.69) is 5.32 Å². The van der Waals surface area contributed by atoms with Gasteiger partial charge >= 0.3 is 5.97 Å². The van der Waals surface area contributed by atoms with E-state index in [-0.39, 0.29) is 19.1 Å². The normalized spacial score (nSPS) is 11.3. The number of hydrogen-bond donors (Lipinski definition) is 1. The molecule has 2 rings (SSSR count). The van der Waals surface area contributed by atoms with Crippen LogP contribution in [0.25, 0.3) is 0 Å². The van der Waals surface area contributed by atoms with Crippen molar-refractivity contribution in [3.63, 3.8) is 0 Å². The van der Waals surface area contributed by atoms with Crippen LogP contribution >= 0.6 is 0 Å². The van der Waals surface area contributed by atoms with Crippen LogP contribution in [0.2, 0.25) is 0 Å². The molecule has 0 radical (unpaired) electrons. The Kier molecular flexibility index (Phi) is 7.61. The molecule has 30 heavy (non-hydrogen) atoms. The third-order valence-corrected chi connectivity index (χ3v) is 5.66. The molecule has 0 saturated heterocycles. The molecule has 8 heteroatoms. The number of carbonyl (C=O) groups excluding carboxylic acids is 2. The predicted octanol–water partition coefficient (Wildman–Crippen LogP) is 3.70. The Hall–Kier alpha value is -2.87. The van der Waals surface area contributed by atoms with Crippen LogP contribution in [-0.2, 0) is 19.6 Å². The molecule has 1 amide bonds. The van der Waals surface area contributed by atoms with Crippen LogP contribution in [-0.4, -0.2) is 39.7 Å². The monoisotopic (exact) mass is 432 g/mol. The zero-order chi connectivity index (χ0) is 22.5. The number of benzene rings is 2. The summed E-state index contributed by atoms with van der Waals surface area (Å²) < 4.78 is 31.0. The molecule has 0 aliphatic heterocycles. The molecule has 0 heterocycles. The van der Waals surface area contributed by atoms with E-state index in [4.69, 9.17) is 4.74 Å². The number of carbonyl (C=O) groups is 2. The maximum absolute atomic E-state index is 12.7. The Morgan fingerprint density at radius 3 is 2.40 bits per heavy atom. The maximum Gasteiger partial charge on any atom is 0.338 e. The van der Waals surface area contributed by atoms with Crippen molar-refractivity contribution in [3.8, 4) is 0 Å². The molecule has 0 fully saturated rings. The van der Waals surface area contributed by atoms with E-state index in [1.807, 2.05) is 26.0 Å². The zero-order valence-corrected chi connectivity index (χ0v) is 18.7. The summed E-state index contributed by atoms with van der Waals surface area (Å²) >= 11 is 0. The van der Waals surface area contributed by atoms with Crippen molar-refractivity contribution in [2.45, 2.75) is 33.6 Å². The average molecular weight is 433 g/mol. The SMILES string of the molecule is CCOC(=O)c1ccc(C)c(NC(=O)CN(c2ccccc2C(C)C)S(C)(=O)=O)c1. The van der Waals surface area contributed by atoms with E-state index < -0.39 is 21.9 Å². The van der Waals surface area contributed by atoms with Crippen LogP contribution in [0.3, 0.4) is 0 Å². The number of nitrogens with zero attached hydrogens (tertiary/aromatic N) is 1. The lowest BCUT2D eigenvalue weighted by Crippen LogP contribution is -2.38. The van der Waals surface area contributed by atoms with Crippen molar-refractivity contribution in [1.29, 1.82) is 0 Å². The smallest absolute Gasteiger partial charge is 0.338 e. The van der Waals surface area contributed by atoms with E-state index in [0.717, 1.165) is 21.7 Å². The molecule has 0 aromatic heterocycles. The highest BCUT2D eigenvalue weighted by Crippen LogP contribution is 2.29. The predicted molar refractivity (Wildman–Crippen MR) is 118 cm³/mol. The minimum Gasteiger partial charge on any atom is -0.462 e. The molecule has 7 nitrogen and oxygen atoms in total. The van der Waals surface area contributed by atoms with E-state index in [9.17, 15) is 18.0 Å². The van der Waals surface area contributed by atoms with Crippen molar-refractivity contribution < 1.29 is 22.7 Å². The molecule has 0 aliphatic carbocycles. The molecule has 0 saturated carbocycles. The van der Waals surface area contributed by atoms with Gasteiger partial charge < -0.3 is 10.1 Å². The number of para-hydroxylation sites is 1. The molecule has 0 aliphatic rings. The number of esters is 1. The van der Waals surface area contributed by atoms with E-state index in [0.29, 0.717) is 16.9 Å². The molecule has 0 atom stereocenters. The Bertz CT molecular complexity index is 1030. The first kappa shape index (κ1) is 23.4. The van der Waals surface area contributed by atoms with Crippen LogP contribution in [0.1, 0.15) is 48.2 Å². The minimum absolute atomic E-state index is 0.0806. The fraction of sp³-hybridized carbons (Fsp3) is 0.364. The standard InChI is InChI=1S/C22H28N2O5S/c1-6-29-22(26)17-12-11-16(4)19(13-17)23-21(25)14-24(30(5,27)28)20-10-8-7-9-18(20)15(2)3/h7-13,15H,6,14H2,1-5H3,(H,23,25). The van der Waals surface area contributed by atoms with Crippen LogP contribution in [0.4, 0.5) is 11.4 Å². The number of sulfonamides is 1. The zero-order valence-electron chi connectivity index (χ0n) is 17.9. The second-order valence-electron chi connectivity index (χ2n) is 7.28. The van der Waals surface area contributed by atoms with Gasteiger partial charge in [-0.25, -0.2) is 13.2 Å². The van der Waals surface area contributed by atoms with Crippen LogP contribution in [0.5, 0.6) is 0 Å². The van der Waals surface area contributed by atoms with Gasteiger partial charge in [-0.2, -0.15) is 0 Å². The first-order chi connectivity index (χ1) is 14.0. The van der Waals surface area contributed by atoms with Gasteiger partial charge in [0.1, 0.15) is 6.54 Å². The van der Waals surface area contributed by atoms with E-state index in [1.54, 1.807) is 38.1 Å². The summed E-state index contributed by atoms with van der Waals surface area (Å²) in [6, 6.07) is 12.0. The second kappa shape index (κ2) is 9.75. The highest BCUT2D eigenvalue weighted by atomic mass is 32.2. The van der Waals surface area contributed by atoms with Crippen LogP contribution < -0.4 is 9.62 Å². The fourth-order valence-electron chi connectivity index (χ4n) is 3.00. The lowest BCUT2D eigenvalue weighted by atomic mass is 10.0. The Labute approximate surface area is 178 Å². The maximum atomic E-state index is 12.7. The van der Waals surface area contributed by atoms with E-state index >= 15 is 0 Å². The van der Waals surface area contributed by atoms with Crippen molar-refractivity contribution >= 4 is 33.3 Å². The summed E-state index contributed by atoms with van der Waals surface area (Å²) in [6.45, 7) is 7.28. The molecule has 162 valence electrons. The highest BCUT2D eigenvalue weighted by Gasteiger charge is 2.24. The summed E-state index contributed by atoms with van der Waals surface area (Å²) in [5.41, 5.74) is 2.78. The summed E-state index contributed by atoms with van der Waals surface area (Å²) in [7, 11) is -3.70. The van der Waals surface area contributed by atoms with Gasteiger partial charge in [-0.1, -0.05) is 38.1 Å². The molecular formula is C22H28N2O5S. The van der Waals surface area contributed by atoms with Crippen LogP contribution in [0, 0.1) is 6.92 Å². The van der Waals surface area contributed by atoms with Gasteiger partial charge in [-0.05, 0) is 49.1 Å². The lowest BCUT2D eigenvalue weighted by Gasteiger charge is -2.25. The van der Waals surface area contributed by atoms with Gasteiger partial charge in [0, 0.05) is 5.69 Å². The minimum atomic E-state index is -3.70. The number of ether oxygens (including phenoxy) is 1. The first-order valence-electron chi connectivity index (χ1n) is 9.68. The van der Waals surface area contributed by atoms with E-state index in [1.165, 1.54) is 6.07 Å². The molecule has 2 aromatic rings. The average Bonchev–Trinajstić information content (AvgIpc) is 2.67. The highest BCUT2D eigenvalue weighted by molar-refractivity contribution is 7.92. The second-order valence-corrected chi connectivity index (χ2v) is 9.19. The number of nitrogens with one attached hydrogen (secondary N) is 1. The van der Waals surface area contributed by atoms with Gasteiger partial charge in [0.15, 0.2) is 0 Å². The summed E-state index contributed by atoms with van der Waals surface area (Å²) in [4.78, 5) is 24.7. The summed E-state index contributed by atoms with van der Waals surface area (Å²) in [5, 5.41) is 2.72. The third kappa shape index (κ3) is 5.82. The third-order valence-electron chi connectivity index (χ3n) is 4.54. The van der Waals surface area contributed by atoms with Gasteiger partial charge in [0.2, 0.25) is 15.9 Å². The van der Waals surface area contributed by atoms with Gasteiger partial charge in [0.05, 0.1) is 24.1 Å². The van der Waals surface area contributed by atoms with Crippen molar-refractivity contribution in [3.05, 3.63) is 59.2 Å². The largest absolute Gasteiger partial charge is 0.462 e. The molecule has 0 unspecified atom stereocenters. The quantitative estimate of drug-likeness (QED) is 0.642. The summed E-state index contributed by atoms with van der Waals surface area (Å²) in [5.74, 6) is -0.920. The van der Waals surface area contributed by atoms with Crippen molar-refractivity contribution in [1.82, 2.24) is 0 Å². The lowest BCUT2D eigenvalue weighted by molar-refractivity contribution is -0.114.